The van der Waals surface area contributed by atoms with E-state index >= 15 is 0 Å². The third-order valence-corrected chi connectivity index (χ3v) is 2.78. The zero-order valence-corrected chi connectivity index (χ0v) is 11.8. The summed E-state index contributed by atoms with van der Waals surface area (Å²) in [5.74, 6) is 0.626. The first-order valence-electron chi connectivity index (χ1n) is 6.28. The number of aromatic nitrogens is 1. The number of carbonyl (C=O) groups excluding carboxylic acids is 1. The van der Waals surface area contributed by atoms with Crippen LogP contribution in [0.2, 0.25) is 0 Å². The molecular weight excluding hydrogens is 272 g/mol. The van der Waals surface area contributed by atoms with Crippen LogP contribution in [0.4, 0.5) is 5.82 Å². The fourth-order valence-corrected chi connectivity index (χ4v) is 1.67. The van der Waals surface area contributed by atoms with Gasteiger partial charge in [0.25, 0.3) is 0 Å². The molecule has 1 aromatic carbocycles. The minimum Gasteiger partial charge on any atom is -0.497 e. The first-order valence-corrected chi connectivity index (χ1v) is 6.28. The summed E-state index contributed by atoms with van der Waals surface area (Å²) < 4.78 is 9.76. The molecule has 0 fully saturated rings. The maximum absolute atomic E-state index is 11.6. The number of hydrogen-bond acceptors (Lipinski definition) is 6. The van der Waals surface area contributed by atoms with Crippen LogP contribution in [0.3, 0.4) is 0 Å². The van der Waals surface area contributed by atoms with E-state index in [0.29, 0.717) is 18.0 Å². The van der Waals surface area contributed by atoms with Crippen molar-refractivity contribution >= 4 is 11.8 Å². The molecule has 0 aliphatic rings. The lowest BCUT2D eigenvalue weighted by Crippen LogP contribution is -2.10. The number of carbonyl (C=O) groups is 1. The molecule has 1 N–H and O–H groups in total. The second-order valence-electron chi connectivity index (χ2n) is 4.13. The number of esters is 1. The summed E-state index contributed by atoms with van der Waals surface area (Å²) in [6.45, 7) is 0.321. The lowest BCUT2D eigenvalue weighted by Gasteiger charge is -2.09. The molecule has 21 heavy (non-hydrogen) atoms. The topological polar surface area (TPSA) is 69.7 Å². The van der Waals surface area contributed by atoms with Crippen molar-refractivity contribution < 1.29 is 19.1 Å². The molecule has 0 atom stereocenters. The van der Waals surface area contributed by atoms with Gasteiger partial charge in [-0.05, 0) is 29.8 Å². The summed E-state index contributed by atoms with van der Waals surface area (Å²) >= 11 is 0. The summed E-state index contributed by atoms with van der Waals surface area (Å²) in [5.41, 5.74) is 3.93. The molecule has 0 bridgehead atoms. The summed E-state index contributed by atoms with van der Waals surface area (Å²) in [6, 6.07) is 10.7. The van der Waals surface area contributed by atoms with Gasteiger partial charge < -0.3 is 9.47 Å². The van der Waals surface area contributed by atoms with Crippen LogP contribution in [0.25, 0.3) is 0 Å². The SMILES string of the molecule is COC(=O)c1cccnc1NOCc1ccc(OC)cc1. The van der Waals surface area contributed by atoms with Gasteiger partial charge in [-0.3, -0.25) is 4.84 Å². The highest BCUT2D eigenvalue weighted by molar-refractivity contribution is 5.94. The molecule has 1 heterocycles. The van der Waals surface area contributed by atoms with E-state index in [1.54, 1.807) is 25.4 Å². The molecule has 2 aromatic rings. The molecule has 6 heteroatoms. The molecule has 0 unspecified atom stereocenters. The highest BCUT2D eigenvalue weighted by Gasteiger charge is 2.12. The van der Waals surface area contributed by atoms with Crippen molar-refractivity contribution in [1.82, 2.24) is 4.98 Å². The lowest BCUT2D eigenvalue weighted by molar-refractivity contribution is 0.0599. The Bertz CT molecular complexity index is 599. The molecular formula is C15H16N2O4. The molecule has 1 aromatic heterocycles. The normalized spacial score (nSPS) is 10.0. The van der Waals surface area contributed by atoms with Gasteiger partial charge >= 0.3 is 5.97 Å². The Morgan fingerprint density at radius 3 is 2.62 bits per heavy atom. The first kappa shape index (κ1) is 14.8. The van der Waals surface area contributed by atoms with Crippen LogP contribution >= 0.6 is 0 Å². The van der Waals surface area contributed by atoms with Crippen LogP contribution in [-0.2, 0) is 16.2 Å². The monoisotopic (exact) mass is 288 g/mol. The maximum Gasteiger partial charge on any atom is 0.341 e. The van der Waals surface area contributed by atoms with Crippen molar-refractivity contribution in [2.24, 2.45) is 0 Å². The van der Waals surface area contributed by atoms with Gasteiger partial charge in [0.15, 0.2) is 5.82 Å². The van der Waals surface area contributed by atoms with Crippen molar-refractivity contribution in [3.05, 3.63) is 53.7 Å². The second-order valence-corrected chi connectivity index (χ2v) is 4.13. The predicted molar refractivity (Wildman–Crippen MR) is 77.0 cm³/mol. The molecule has 0 saturated heterocycles. The van der Waals surface area contributed by atoms with Crippen LogP contribution < -0.4 is 10.2 Å². The number of rotatable bonds is 6. The summed E-state index contributed by atoms with van der Waals surface area (Å²) in [4.78, 5) is 21.0. The molecule has 2 rings (SSSR count). The Balaban J connectivity index is 1.95. The Hall–Kier alpha value is -2.60. The zero-order valence-electron chi connectivity index (χ0n) is 11.8. The number of hydrogen-bond donors (Lipinski definition) is 1. The Morgan fingerprint density at radius 1 is 1.19 bits per heavy atom. The van der Waals surface area contributed by atoms with Crippen LogP contribution in [0.5, 0.6) is 5.75 Å². The van der Waals surface area contributed by atoms with Crippen molar-refractivity contribution in [2.45, 2.75) is 6.61 Å². The minimum absolute atomic E-state index is 0.315. The Kier molecular flexibility index (Phi) is 5.11. The van der Waals surface area contributed by atoms with Crippen molar-refractivity contribution in [3.63, 3.8) is 0 Å². The third kappa shape index (κ3) is 3.93. The first-order chi connectivity index (χ1) is 10.2. The number of nitrogens with zero attached hydrogens (tertiary/aromatic N) is 1. The van der Waals surface area contributed by atoms with Gasteiger partial charge in [-0.25, -0.2) is 15.3 Å². The molecule has 0 amide bonds. The van der Waals surface area contributed by atoms with Crippen LogP contribution in [0, 0.1) is 0 Å². The second kappa shape index (κ2) is 7.25. The summed E-state index contributed by atoms with van der Waals surface area (Å²) in [5, 5.41) is 0. The summed E-state index contributed by atoms with van der Waals surface area (Å²) in [6.07, 6.45) is 1.56. The van der Waals surface area contributed by atoms with E-state index in [4.69, 9.17) is 9.57 Å². The van der Waals surface area contributed by atoms with Gasteiger partial charge in [-0.15, -0.1) is 0 Å². The number of pyridine rings is 1. The number of ether oxygens (including phenoxy) is 2. The van der Waals surface area contributed by atoms with E-state index in [1.807, 2.05) is 24.3 Å². The van der Waals surface area contributed by atoms with Gasteiger partial charge in [0, 0.05) is 6.20 Å². The lowest BCUT2D eigenvalue weighted by atomic mass is 10.2. The van der Waals surface area contributed by atoms with E-state index < -0.39 is 5.97 Å². The smallest absolute Gasteiger partial charge is 0.341 e. The van der Waals surface area contributed by atoms with E-state index in [9.17, 15) is 4.79 Å². The Labute approximate surface area is 122 Å². The Morgan fingerprint density at radius 2 is 1.95 bits per heavy atom. The van der Waals surface area contributed by atoms with Gasteiger partial charge in [-0.1, -0.05) is 12.1 Å². The van der Waals surface area contributed by atoms with Crippen LogP contribution in [0.1, 0.15) is 15.9 Å². The molecule has 0 saturated carbocycles. The molecule has 0 radical (unpaired) electrons. The van der Waals surface area contributed by atoms with Crippen LogP contribution in [-0.4, -0.2) is 25.2 Å². The quantitative estimate of drug-likeness (QED) is 0.650. The number of benzene rings is 1. The largest absolute Gasteiger partial charge is 0.497 e. The minimum atomic E-state index is -0.473. The molecule has 6 nitrogen and oxygen atoms in total. The number of anilines is 1. The third-order valence-electron chi connectivity index (χ3n) is 2.78. The van der Waals surface area contributed by atoms with Gasteiger partial charge in [-0.2, -0.15) is 0 Å². The van der Waals surface area contributed by atoms with E-state index in [1.165, 1.54) is 7.11 Å². The number of methoxy groups -OCH3 is 2. The molecule has 110 valence electrons. The summed E-state index contributed by atoms with van der Waals surface area (Å²) in [7, 11) is 2.93. The standard InChI is InChI=1S/C15H16N2O4/c1-19-12-7-5-11(6-8-12)10-21-17-14-13(15(18)20-2)4-3-9-16-14/h3-9H,10H2,1-2H3,(H,16,17). The highest BCUT2D eigenvalue weighted by Crippen LogP contribution is 2.15. The molecule has 0 spiro atoms. The molecule has 0 aliphatic heterocycles. The van der Waals surface area contributed by atoms with E-state index in [2.05, 4.69) is 15.2 Å². The zero-order chi connectivity index (χ0) is 15.1. The van der Waals surface area contributed by atoms with Crippen molar-refractivity contribution in [1.29, 1.82) is 0 Å². The van der Waals surface area contributed by atoms with Crippen LogP contribution in [0.15, 0.2) is 42.6 Å². The fourth-order valence-electron chi connectivity index (χ4n) is 1.67. The maximum atomic E-state index is 11.6. The molecule has 0 aliphatic carbocycles. The highest BCUT2D eigenvalue weighted by atomic mass is 16.6. The predicted octanol–water partition coefficient (Wildman–Crippen LogP) is 2.42. The average Bonchev–Trinajstić information content (AvgIpc) is 2.55. The number of nitrogens with one attached hydrogen (secondary N) is 1. The van der Waals surface area contributed by atoms with Gasteiger partial charge in [0.2, 0.25) is 0 Å². The van der Waals surface area contributed by atoms with Crippen molar-refractivity contribution in [3.8, 4) is 5.75 Å². The fraction of sp³-hybridized carbons (Fsp3) is 0.200. The van der Waals surface area contributed by atoms with Gasteiger partial charge in [0.1, 0.15) is 11.3 Å². The van der Waals surface area contributed by atoms with Gasteiger partial charge in [0.05, 0.1) is 20.8 Å². The van der Waals surface area contributed by atoms with Crippen molar-refractivity contribution in [2.75, 3.05) is 19.7 Å². The van der Waals surface area contributed by atoms with E-state index in [-0.39, 0.29) is 0 Å². The van der Waals surface area contributed by atoms with E-state index in [0.717, 1.165) is 11.3 Å². The average molecular weight is 288 g/mol.